The first-order valence-corrected chi connectivity index (χ1v) is 7.77. The van der Waals surface area contributed by atoms with Gasteiger partial charge in [0.25, 0.3) is 0 Å². The van der Waals surface area contributed by atoms with Crippen LogP contribution in [0.1, 0.15) is 37.4 Å². The molecule has 1 aromatic rings. The number of rotatable bonds is 7. The van der Waals surface area contributed by atoms with Crippen molar-refractivity contribution in [3.05, 3.63) is 28.6 Å². The average molecular weight is 298 g/mol. The molecule has 1 aliphatic rings. The van der Waals surface area contributed by atoms with Crippen LogP contribution >= 0.6 is 11.6 Å². The third-order valence-corrected chi connectivity index (χ3v) is 4.28. The van der Waals surface area contributed by atoms with Crippen molar-refractivity contribution in [1.29, 1.82) is 0 Å². The lowest BCUT2D eigenvalue weighted by atomic mass is 10.1. The zero-order chi connectivity index (χ0) is 14.5. The van der Waals surface area contributed by atoms with Gasteiger partial charge in [-0.25, -0.2) is 0 Å². The summed E-state index contributed by atoms with van der Waals surface area (Å²) < 4.78 is 1.90. The number of hydrogen-bond acceptors (Lipinski definition) is 3. The molecule has 1 heterocycles. The van der Waals surface area contributed by atoms with E-state index in [0.717, 1.165) is 48.8 Å². The first-order chi connectivity index (χ1) is 9.65. The summed E-state index contributed by atoms with van der Waals surface area (Å²) >= 11 is 6.41. The maximum absolute atomic E-state index is 9.13. The van der Waals surface area contributed by atoms with Crippen LogP contribution in [0.15, 0.2) is 12.2 Å². The Kier molecular flexibility index (Phi) is 5.64. The molecule has 1 aromatic heterocycles. The summed E-state index contributed by atoms with van der Waals surface area (Å²) in [5.74, 6) is 0.288. The quantitative estimate of drug-likeness (QED) is 0.761. The Hall–Kier alpha value is -0.840. The van der Waals surface area contributed by atoms with E-state index in [1.165, 1.54) is 0 Å². The molecule has 20 heavy (non-hydrogen) atoms. The van der Waals surface area contributed by atoms with Crippen LogP contribution in [0.2, 0.25) is 5.15 Å². The van der Waals surface area contributed by atoms with Gasteiger partial charge in [0.05, 0.1) is 5.69 Å². The highest BCUT2D eigenvalue weighted by Crippen LogP contribution is 2.22. The van der Waals surface area contributed by atoms with E-state index in [1.807, 2.05) is 11.6 Å². The molecule has 0 unspecified atom stereocenters. The van der Waals surface area contributed by atoms with Gasteiger partial charge in [-0.05, 0) is 19.8 Å². The second-order valence-corrected chi connectivity index (χ2v) is 5.84. The van der Waals surface area contributed by atoms with Crippen molar-refractivity contribution in [2.45, 2.75) is 52.2 Å². The smallest absolute Gasteiger partial charge is 0.131 e. The molecule has 0 aromatic carbocycles. The highest BCUT2D eigenvalue weighted by atomic mass is 35.5. The van der Waals surface area contributed by atoms with Crippen LogP contribution in [0.5, 0.6) is 0 Å². The topological polar surface area (TPSA) is 50.1 Å². The Morgan fingerprint density at radius 3 is 2.95 bits per heavy atom. The van der Waals surface area contributed by atoms with Gasteiger partial charge in [0.15, 0.2) is 0 Å². The number of nitrogens with zero attached hydrogens (tertiary/aromatic N) is 2. The van der Waals surface area contributed by atoms with Gasteiger partial charge in [0.2, 0.25) is 0 Å². The molecule has 2 rings (SSSR count). The summed E-state index contributed by atoms with van der Waals surface area (Å²) in [5.41, 5.74) is 2.09. The number of aromatic nitrogens is 2. The molecule has 4 nitrogen and oxygen atoms in total. The van der Waals surface area contributed by atoms with E-state index in [0.29, 0.717) is 6.04 Å². The minimum atomic E-state index is 0.226. The van der Waals surface area contributed by atoms with Crippen molar-refractivity contribution in [3.63, 3.8) is 0 Å². The van der Waals surface area contributed by atoms with Gasteiger partial charge in [0.1, 0.15) is 5.15 Å². The van der Waals surface area contributed by atoms with E-state index >= 15 is 0 Å². The van der Waals surface area contributed by atoms with Crippen molar-refractivity contribution in [1.82, 2.24) is 15.1 Å². The zero-order valence-electron chi connectivity index (χ0n) is 12.3. The molecule has 112 valence electrons. The molecule has 0 fully saturated rings. The molecule has 2 N–H and O–H groups in total. The third kappa shape index (κ3) is 3.62. The minimum Gasteiger partial charge on any atom is -0.396 e. The van der Waals surface area contributed by atoms with Crippen LogP contribution in [0.3, 0.4) is 0 Å². The van der Waals surface area contributed by atoms with E-state index in [4.69, 9.17) is 16.7 Å². The normalized spacial score (nSPS) is 21.8. The summed E-state index contributed by atoms with van der Waals surface area (Å²) in [5, 5.41) is 17.9. The molecule has 0 amide bonds. The number of nitrogens with one attached hydrogen (secondary N) is 1. The lowest BCUT2D eigenvalue weighted by Gasteiger charge is -2.12. The van der Waals surface area contributed by atoms with Crippen LogP contribution in [-0.4, -0.2) is 27.5 Å². The Morgan fingerprint density at radius 1 is 1.50 bits per heavy atom. The highest BCUT2D eigenvalue weighted by Gasteiger charge is 2.19. The number of aliphatic hydroxyl groups excluding tert-OH is 1. The van der Waals surface area contributed by atoms with Gasteiger partial charge < -0.3 is 10.4 Å². The third-order valence-electron chi connectivity index (χ3n) is 3.85. The predicted molar refractivity (Wildman–Crippen MR) is 81.8 cm³/mol. The summed E-state index contributed by atoms with van der Waals surface area (Å²) in [4.78, 5) is 0. The van der Waals surface area contributed by atoms with Crippen molar-refractivity contribution in [2.24, 2.45) is 5.92 Å². The maximum Gasteiger partial charge on any atom is 0.131 e. The van der Waals surface area contributed by atoms with Crippen LogP contribution in [0.4, 0.5) is 0 Å². The number of hydrogen-bond donors (Lipinski definition) is 2. The largest absolute Gasteiger partial charge is 0.396 e. The Balaban J connectivity index is 1.93. The molecule has 2 atom stereocenters. The number of unbranched alkanes of at least 4 members (excludes halogenated alkanes) is 1. The summed E-state index contributed by atoms with van der Waals surface area (Å²) in [6.45, 7) is 6.00. The number of aliphatic hydroxyl groups is 1. The second kappa shape index (κ2) is 7.25. The number of aryl methyl sites for hydroxylation is 2. The van der Waals surface area contributed by atoms with E-state index < -0.39 is 0 Å². The fourth-order valence-corrected chi connectivity index (χ4v) is 2.87. The lowest BCUT2D eigenvalue weighted by molar-refractivity contribution is 0.246. The molecule has 0 saturated carbocycles. The van der Waals surface area contributed by atoms with E-state index in [-0.39, 0.29) is 12.5 Å². The average Bonchev–Trinajstić information content (AvgIpc) is 3.00. The van der Waals surface area contributed by atoms with Crippen LogP contribution in [0, 0.1) is 12.8 Å². The molecular formula is C15H24ClN3O. The standard InChI is InChI=1S/C15H24ClN3O/c1-3-4-7-19-15(16)14(11(2)18-19)9-17-13-6-5-12(8-13)10-20/h5-6,12-13,17,20H,3-4,7-10H2,1-2H3/t12-,13+/m0/s1. The molecule has 0 spiro atoms. The first kappa shape index (κ1) is 15.5. The van der Waals surface area contributed by atoms with Crippen LogP contribution in [0.25, 0.3) is 0 Å². The van der Waals surface area contributed by atoms with E-state index in [1.54, 1.807) is 0 Å². The lowest BCUT2D eigenvalue weighted by Crippen LogP contribution is -2.26. The molecule has 0 saturated heterocycles. The SMILES string of the molecule is CCCCn1nc(C)c(CN[C@@H]2C=C[C@H](CO)C2)c1Cl. The second-order valence-electron chi connectivity index (χ2n) is 5.48. The van der Waals surface area contributed by atoms with E-state index in [2.05, 4.69) is 29.5 Å². The maximum atomic E-state index is 9.13. The fraction of sp³-hybridized carbons (Fsp3) is 0.667. The molecule has 0 bridgehead atoms. The fourth-order valence-electron chi connectivity index (χ4n) is 2.54. The Morgan fingerprint density at radius 2 is 2.30 bits per heavy atom. The van der Waals surface area contributed by atoms with Gasteiger partial charge in [0, 0.05) is 37.2 Å². The molecular weight excluding hydrogens is 274 g/mol. The molecule has 5 heteroatoms. The molecule has 0 radical (unpaired) electrons. The van der Waals surface area contributed by atoms with Crippen molar-refractivity contribution in [3.8, 4) is 0 Å². The van der Waals surface area contributed by atoms with E-state index in [9.17, 15) is 0 Å². The zero-order valence-corrected chi connectivity index (χ0v) is 13.0. The van der Waals surface area contributed by atoms with Gasteiger partial charge in [-0.3, -0.25) is 4.68 Å². The summed E-state index contributed by atoms with van der Waals surface area (Å²) in [7, 11) is 0. The van der Waals surface area contributed by atoms with Gasteiger partial charge in [-0.15, -0.1) is 0 Å². The van der Waals surface area contributed by atoms with Crippen LogP contribution < -0.4 is 5.32 Å². The first-order valence-electron chi connectivity index (χ1n) is 7.40. The predicted octanol–water partition coefficient (Wildman–Crippen LogP) is 2.67. The van der Waals surface area contributed by atoms with Crippen LogP contribution in [-0.2, 0) is 13.1 Å². The minimum absolute atomic E-state index is 0.226. The Labute approximate surface area is 125 Å². The molecule has 1 aliphatic carbocycles. The van der Waals surface area contributed by atoms with Gasteiger partial charge >= 0.3 is 0 Å². The molecule has 0 aliphatic heterocycles. The van der Waals surface area contributed by atoms with Crippen molar-refractivity contribution in [2.75, 3.05) is 6.61 Å². The van der Waals surface area contributed by atoms with Gasteiger partial charge in [-0.2, -0.15) is 5.10 Å². The monoisotopic (exact) mass is 297 g/mol. The van der Waals surface area contributed by atoms with Crippen molar-refractivity contribution >= 4 is 11.6 Å². The van der Waals surface area contributed by atoms with Crippen molar-refractivity contribution < 1.29 is 5.11 Å². The number of halogens is 1. The highest BCUT2D eigenvalue weighted by molar-refractivity contribution is 6.30. The van der Waals surface area contributed by atoms with Gasteiger partial charge in [-0.1, -0.05) is 37.1 Å². The Bertz CT molecular complexity index is 470. The summed E-state index contributed by atoms with van der Waals surface area (Å²) in [6.07, 6.45) is 7.40. The summed E-state index contributed by atoms with van der Waals surface area (Å²) in [6, 6.07) is 0.321.